The number of hydrogen-bond acceptors (Lipinski definition) is 4. The highest BCUT2D eigenvalue weighted by atomic mass is 79.9. The van der Waals surface area contributed by atoms with Gasteiger partial charge in [-0.3, -0.25) is 0 Å². The fourth-order valence-electron chi connectivity index (χ4n) is 1.66. The molecule has 0 atom stereocenters. The molecule has 0 aromatic heterocycles. The quantitative estimate of drug-likeness (QED) is 0.719. The molecule has 0 amide bonds. The van der Waals surface area contributed by atoms with E-state index in [9.17, 15) is 12.8 Å². The van der Waals surface area contributed by atoms with E-state index in [0.717, 1.165) is 0 Å². The Balaban J connectivity index is 2.42. The van der Waals surface area contributed by atoms with Crippen LogP contribution < -0.4 is 15.8 Å². The van der Waals surface area contributed by atoms with Crippen molar-refractivity contribution >= 4 is 43.0 Å². The van der Waals surface area contributed by atoms with Crippen LogP contribution in [0.5, 0.6) is 0 Å². The number of halogens is 2. The van der Waals surface area contributed by atoms with Gasteiger partial charge in [0.1, 0.15) is 5.82 Å². The molecule has 0 unspecified atom stereocenters. The van der Waals surface area contributed by atoms with Crippen LogP contribution in [0.25, 0.3) is 0 Å². The summed E-state index contributed by atoms with van der Waals surface area (Å²) in [5.74, 6) is -0.481. The number of benzene rings is 2. The Hall–Kier alpha value is -1.64. The number of hydrogen-bond donors (Lipinski definition) is 3. The van der Waals surface area contributed by atoms with Gasteiger partial charge in [0.25, 0.3) is 0 Å². The first-order valence-electron chi connectivity index (χ1n) is 5.88. The molecule has 0 radical (unpaired) electrons. The van der Waals surface area contributed by atoms with Gasteiger partial charge >= 0.3 is 0 Å². The molecule has 2 aromatic carbocycles. The topological polar surface area (TPSA) is 84.2 Å². The van der Waals surface area contributed by atoms with E-state index in [1.165, 1.54) is 37.4 Å². The minimum Gasteiger partial charge on any atom is -0.397 e. The van der Waals surface area contributed by atoms with Gasteiger partial charge in [0.05, 0.1) is 22.0 Å². The van der Waals surface area contributed by atoms with E-state index in [1.54, 1.807) is 6.07 Å². The van der Waals surface area contributed by atoms with E-state index in [2.05, 4.69) is 26.0 Å². The average molecular weight is 374 g/mol. The van der Waals surface area contributed by atoms with E-state index in [4.69, 9.17) is 5.73 Å². The predicted octanol–water partition coefficient (Wildman–Crippen LogP) is 2.82. The van der Waals surface area contributed by atoms with E-state index in [-0.39, 0.29) is 10.6 Å². The lowest BCUT2D eigenvalue weighted by molar-refractivity contribution is 0.588. The summed E-state index contributed by atoms with van der Waals surface area (Å²) in [5, 5.41) is 2.79. The van der Waals surface area contributed by atoms with Crippen molar-refractivity contribution in [1.82, 2.24) is 4.72 Å². The van der Waals surface area contributed by atoms with E-state index < -0.39 is 15.8 Å². The maximum atomic E-state index is 13.8. The van der Waals surface area contributed by atoms with Gasteiger partial charge in [0, 0.05) is 4.47 Å². The maximum Gasteiger partial charge on any atom is 0.240 e. The molecule has 0 aliphatic rings. The Morgan fingerprint density at radius 2 is 1.86 bits per heavy atom. The van der Waals surface area contributed by atoms with Crippen LogP contribution in [0.4, 0.5) is 21.5 Å². The summed E-state index contributed by atoms with van der Waals surface area (Å²) in [6.07, 6.45) is 0. The number of nitrogens with one attached hydrogen (secondary N) is 2. The molecule has 8 heteroatoms. The first-order chi connectivity index (χ1) is 9.83. The summed E-state index contributed by atoms with van der Waals surface area (Å²) in [6, 6.07) is 8.66. The highest BCUT2D eigenvalue weighted by molar-refractivity contribution is 9.10. The minimum absolute atomic E-state index is 0.0409. The molecule has 21 heavy (non-hydrogen) atoms. The van der Waals surface area contributed by atoms with E-state index in [1.807, 2.05) is 0 Å². The van der Waals surface area contributed by atoms with E-state index >= 15 is 0 Å². The Morgan fingerprint density at radius 3 is 2.48 bits per heavy atom. The summed E-state index contributed by atoms with van der Waals surface area (Å²) < 4.78 is 40.2. The second kappa shape index (κ2) is 6.00. The number of rotatable bonds is 4. The van der Waals surface area contributed by atoms with Crippen LogP contribution in [-0.4, -0.2) is 15.5 Å². The predicted molar refractivity (Wildman–Crippen MR) is 84.5 cm³/mol. The Bertz CT molecular complexity index is 781. The number of sulfonamides is 1. The second-order valence-electron chi connectivity index (χ2n) is 4.21. The lowest BCUT2D eigenvalue weighted by atomic mass is 10.2. The first-order valence-corrected chi connectivity index (χ1v) is 8.16. The van der Waals surface area contributed by atoms with Crippen molar-refractivity contribution in [2.45, 2.75) is 4.90 Å². The molecule has 2 rings (SSSR count). The van der Waals surface area contributed by atoms with Crippen molar-refractivity contribution in [3.63, 3.8) is 0 Å². The van der Waals surface area contributed by atoms with Crippen LogP contribution in [0.1, 0.15) is 0 Å². The Labute approximate surface area is 130 Å². The zero-order chi connectivity index (χ0) is 15.6. The van der Waals surface area contributed by atoms with Gasteiger partial charge in [0.15, 0.2) is 0 Å². The third-order valence-electron chi connectivity index (χ3n) is 2.80. The third kappa shape index (κ3) is 3.52. The molecule has 5 nitrogen and oxygen atoms in total. The second-order valence-corrected chi connectivity index (χ2v) is 7.01. The van der Waals surface area contributed by atoms with Crippen LogP contribution in [0.3, 0.4) is 0 Å². The minimum atomic E-state index is -3.59. The zero-order valence-electron chi connectivity index (χ0n) is 11.0. The molecule has 4 N–H and O–H groups in total. The zero-order valence-corrected chi connectivity index (χ0v) is 13.4. The summed E-state index contributed by atoms with van der Waals surface area (Å²) >= 11 is 3.16. The van der Waals surface area contributed by atoms with Crippen LogP contribution in [0.15, 0.2) is 45.8 Å². The van der Waals surface area contributed by atoms with Crippen LogP contribution in [-0.2, 0) is 10.0 Å². The molecule has 0 bridgehead atoms. The van der Waals surface area contributed by atoms with Crippen molar-refractivity contribution in [1.29, 1.82) is 0 Å². The third-order valence-corrected chi connectivity index (χ3v) is 4.71. The van der Waals surface area contributed by atoms with Crippen LogP contribution in [0.2, 0.25) is 0 Å². The number of anilines is 3. The van der Waals surface area contributed by atoms with Gasteiger partial charge in [0.2, 0.25) is 10.0 Å². The molecular formula is C13H13BrFN3O2S. The van der Waals surface area contributed by atoms with Gasteiger partial charge in [-0.1, -0.05) is 15.9 Å². The van der Waals surface area contributed by atoms with Gasteiger partial charge in [-0.15, -0.1) is 0 Å². The summed E-state index contributed by atoms with van der Waals surface area (Å²) in [4.78, 5) is 0.0409. The van der Waals surface area contributed by atoms with Gasteiger partial charge in [-0.2, -0.15) is 0 Å². The van der Waals surface area contributed by atoms with Crippen LogP contribution >= 0.6 is 15.9 Å². The monoisotopic (exact) mass is 373 g/mol. The van der Waals surface area contributed by atoms with Crippen molar-refractivity contribution in [3.8, 4) is 0 Å². The lowest BCUT2D eigenvalue weighted by Crippen LogP contribution is -2.18. The smallest absolute Gasteiger partial charge is 0.240 e. The molecule has 0 spiro atoms. The first kappa shape index (κ1) is 15.7. The number of nitrogens with two attached hydrogens (primary N) is 1. The highest BCUT2D eigenvalue weighted by Gasteiger charge is 2.14. The van der Waals surface area contributed by atoms with Crippen molar-refractivity contribution < 1.29 is 12.8 Å². The lowest BCUT2D eigenvalue weighted by Gasteiger charge is -2.12. The molecule has 112 valence electrons. The maximum absolute atomic E-state index is 13.8. The summed E-state index contributed by atoms with van der Waals surface area (Å²) in [6.45, 7) is 0. The van der Waals surface area contributed by atoms with Crippen molar-refractivity contribution in [3.05, 3.63) is 46.7 Å². The fourth-order valence-corrected chi connectivity index (χ4v) is 2.75. The largest absolute Gasteiger partial charge is 0.397 e. The van der Waals surface area contributed by atoms with Crippen LogP contribution in [0, 0.1) is 5.82 Å². The number of nitrogen functional groups attached to an aromatic ring is 1. The summed E-state index contributed by atoms with van der Waals surface area (Å²) in [5.41, 5.74) is 6.62. The molecule has 0 aliphatic carbocycles. The average Bonchev–Trinajstić information content (AvgIpc) is 2.43. The van der Waals surface area contributed by atoms with Gasteiger partial charge in [-0.05, 0) is 43.4 Å². The molecule has 0 saturated heterocycles. The van der Waals surface area contributed by atoms with Gasteiger partial charge < -0.3 is 11.1 Å². The van der Waals surface area contributed by atoms with Gasteiger partial charge in [-0.25, -0.2) is 17.5 Å². The van der Waals surface area contributed by atoms with Crippen molar-refractivity contribution in [2.75, 3.05) is 18.1 Å². The summed E-state index contributed by atoms with van der Waals surface area (Å²) in [7, 11) is -2.28. The molecular weight excluding hydrogens is 361 g/mol. The molecule has 2 aromatic rings. The normalized spacial score (nSPS) is 11.4. The Kier molecular flexibility index (Phi) is 4.50. The molecule has 0 aliphatic heterocycles. The van der Waals surface area contributed by atoms with E-state index in [0.29, 0.717) is 15.8 Å². The Morgan fingerprint density at radius 1 is 1.14 bits per heavy atom. The van der Waals surface area contributed by atoms with Crippen molar-refractivity contribution in [2.24, 2.45) is 0 Å². The standard InChI is InChI=1S/C13H13BrFN3O2S/c1-17-21(19,20)9-3-4-11(16)13(7-9)18-12-5-2-8(14)6-10(12)15/h2-7,17-18H,16H2,1H3. The molecule has 0 fully saturated rings. The fraction of sp³-hybridized carbons (Fsp3) is 0.0769. The highest BCUT2D eigenvalue weighted by Crippen LogP contribution is 2.28. The molecule has 0 saturated carbocycles. The molecule has 0 heterocycles. The SMILES string of the molecule is CNS(=O)(=O)c1ccc(N)c(Nc2ccc(Br)cc2F)c1.